The Hall–Kier alpha value is -2.34. The molecule has 0 aliphatic carbocycles. The highest BCUT2D eigenvalue weighted by Gasteiger charge is 2.30. The lowest BCUT2D eigenvalue weighted by molar-refractivity contribution is -0.144. The number of carboxylic acids is 1. The molecule has 1 aliphatic rings. The molecule has 3 N–H and O–H groups in total. The van der Waals surface area contributed by atoms with E-state index >= 15 is 0 Å². The van der Waals surface area contributed by atoms with Crippen molar-refractivity contribution in [2.75, 3.05) is 19.8 Å². The van der Waals surface area contributed by atoms with Crippen molar-refractivity contribution in [3.63, 3.8) is 0 Å². The lowest BCUT2D eigenvalue weighted by Crippen LogP contribution is -2.39. The summed E-state index contributed by atoms with van der Waals surface area (Å²) in [6.45, 7) is 1.31. The number of amides is 1. The van der Waals surface area contributed by atoms with Gasteiger partial charge in [-0.2, -0.15) is 0 Å². The Bertz CT molecular complexity index is 670. The molecule has 1 atom stereocenters. The van der Waals surface area contributed by atoms with Crippen LogP contribution in [0.5, 0.6) is 0 Å². The van der Waals surface area contributed by atoms with E-state index < -0.39 is 11.9 Å². The van der Waals surface area contributed by atoms with Crippen molar-refractivity contribution in [3.05, 3.63) is 36.0 Å². The molecule has 6 nitrogen and oxygen atoms in total. The van der Waals surface area contributed by atoms with E-state index in [-0.39, 0.29) is 18.4 Å². The van der Waals surface area contributed by atoms with E-state index in [1.165, 1.54) is 0 Å². The molecule has 1 saturated heterocycles. The lowest BCUT2D eigenvalue weighted by Gasteiger charge is -2.27. The first-order chi connectivity index (χ1) is 11.1. The minimum absolute atomic E-state index is 0.0456. The fourth-order valence-electron chi connectivity index (χ4n) is 3.07. The molecular weight excluding hydrogens is 296 g/mol. The molecular formula is C17H20N2O4. The van der Waals surface area contributed by atoms with Crippen LogP contribution in [0.3, 0.4) is 0 Å². The van der Waals surface area contributed by atoms with Crippen LogP contribution in [-0.4, -0.2) is 41.7 Å². The zero-order valence-corrected chi connectivity index (χ0v) is 12.7. The predicted molar refractivity (Wildman–Crippen MR) is 85.3 cm³/mol. The number of H-pyrrole nitrogens is 1. The maximum atomic E-state index is 12.3. The van der Waals surface area contributed by atoms with Crippen LogP contribution in [0.15, 0.2) is 30.3 Å². The van der Waals surface area contributed by atoms with E-state index in [0.717, 1.165) is 23.7 Å². The molecule has 1 aliphatic heterocycles. The molecule has 1 aromatic carbocycles. The van der Waals surface area contributed by atoms with Crippen molar-refractivity contribution in [1.29, 1.82) is 0 Å². The molecule has 1 aromatic heterocycles. The number of para-hydroxylation sites is 1. The van der Waals surface area contributed by atoms with Gasteiger partial charge >= 0.3 is 5.97 Å². The third-order valence-corrected chi connectivity index (χ3v) is 4.41. The Labute approximate surface area is 133 Å². The average molecular weight is 316 g/mol. The van der Waals surface area contributed by atoms with Gasteiger partial charge in [-0.15, -0.1) is 0 Å². The quantitative estimate of drug-likeness (QED) is 0.787. The van der Waals surface area contributed by atoms with Gasteiger partial charge in [-0.3, -0.25) is 9.59 Å². The number of fused-ring (bicyclic) bond motifs is 1. The maximum Gasteiger partial charge on any atom is 0.308 e. The summed E-state index contributed by atoms with van der Waals surface area (Å²) in [4.78, 5) is 26.8. The molecule has 1 amide bonds. The first-order valence-electron chi connectivity index (χ1n) is 7.81. The molecule has 0 radical (unpaired) electrons. The number of rotatable bonds is 5. The van der Waals surface area contributed by atoms with Crippen molar-refractivity contribution in [2.24, 2.45) is 11.8 Å². The molecule has 0 spiro atoms. The van der Waals surface area contributed by atoms with Gasteiger partial charge in [0.1, 0.15) is 5.69 Å². The summed E-state index contributed by atoms with van der Waals surface area (Å²) in [5.41, 5.74) is 1.33. The van der Waals surface area contributed by atoms with Crippen molar-refractivity contribution in [3.8, 4) is 0 Å². The van der Waals surface area contributed by atoms with Gasteiger partial charge in [-0.25, -0.2) is 0 Å². The van der Waals surface area contributed by atoms with E-state index in [9.17, 15) is 14.7 Å². The van der Waals surface area contributed by atoms with Crippen LogP contribution in [0.25, 0.3) is 10.9 Å². The molecule has 6 heteroatoms. The molecule has 1 unspecified atom stereocenters. The number of carboxylic acid groups (broad SMARTS) is 1. The number of aromatic nitrogens is 1. The number of ether oxygens (including phenoxy) is 1. The summed E-state index contributed by atoms with van der Waals surface area (Å²) in [6.07, 6.45) is 1.44. The predicted octanol–water partition coefficient (Wildman–Crippen LogP) is 2.03. The van der Waals surface area contributed by atoms with E-state index in [1.807, 2.05) is 24.3 Å². The molecule has 1 fully saturated rings. The van der Waals surface area contributed by atoms with Crippen LogP contribution in [0, 0.1) is 11.8 Å². The van der Waals surface area contributed by atoms with Gasteiger partial charge < -0.3 is 20.1 Å². The Kier molecular flexibility index (Phi) is 4.62. The Morgan fingerprint density at radius 1 is 1.30 bits per heavy atom. The van der Waals surface area contributed by atoms with Crippen LogP contribution in [0.2, 0.25) is 0 Å². The van der Waals surface area contributed by atoms with Crippen LogP contribution >= 0.6 is 0 Å². The smallest absolute Gasteiger partial charge is 0.308 e. The van der Waals surface area contributed by atoms with Gasteiger partial charge in [0.05, 0.1) is 5.92 Å². The molecule has 3 rings (SSSR count). The van der Waals surface area contributed by atoms with Gasteiger partial charge in [-0.05, 0) is 30.9 Å². The average Bonchev–Trinajstić information content (AvgIpc) is 2.99. The lowest BCUT2D eigenvalue weighted by atomic mass is 9.86. The van der Waals surface area contributed by atoms with Gasteiger partial charge in [0, 0.05) is 30.7 Å². The number of carbonyl (C=O) groups excluding carboxylic acids is 1. The highest BCUT2D eigenvalue weighted by molar-refractivity contribution is 5.98. The van der Waals surface area contributed by atoms with Crippen molar-refractivity contribution in [2.45, 2.75) is 12.8 Å². The van der Waals surface area contributed by atoms with Crippen molar-refractivity contribution < 1.29 is 19.4 Å². The molecule has 2 aromatic rings. The summed E-state index contributed by atoms with van der Waals surface area (Å²) in [5.74, 6) is -1.68. The number of benzene rings is 1. The summed E-state index contributed by atoms with van der Waals surface area (Å²) < 4.78 is 5.27. The number of aliphatic carboxylic acids is 1. The number of hydrogen-bond donors (Lipinski definition) is 3. The fourth-order valence-corrected chi connectivity index (χ4v) is 3.07. The van der Waals surface area contributed by atoms with E-state index in [0.29, 0.717) is 18.9 Å². The van der Waals surface area contributed by atoms with Crippen molar-refractivity contribution in [1.82, 2.24) is 10.3 Å². The second-order valence-corrected chi connectivity index (χ2v) is 5.87. The zero-order valence-electron chi connectivity index (χ0n) is 12.7. The minimum Gasteiger partial charge on any atom is -0.481 e. The summed E-state index contributed by atoms with van der Waals surface area (Å²) in [7, 11) is 0. The van der Waals surface area contributed by atoms with Gasteiger partial charge in [-0.1, -0.05) is 18.2 Å². The first-order valence-corrected chi connectivity index (χ1v) is 7.81. The van der Waals surface area contributed by atoms with Crippen molar-refractivity contribution >= 4 is 22.8 Å². The maximum absolute atomic E-state index is 12.3. The third kappa shape index (κ3) is 3.53. The van der Waals surface area contributed by atoms with Crippen LogP contribution in [0.1, 0.15) is 23.3 Å². The first kappa shape index (κ1) is 15.6. The van der Waals surface area contributed by atoms with E-state index in [1.54, 1.807) is 6.07 Å². The highest BCUT2D eigenvalue weighted by atomic mass is 16.5. The standard InChI is InChI=1S/C17H20N2O4/c20-16(15-9-12-3-1-2-4-14(12)19-15)18-10-13(17(21)22)11-5-7-23-8-6-11/h1-4,9,11,13,19H,5-8,10H2,(H,18,20)(H,21,22). The summed E-state index contributed by atoms with van der Waals surface area (Å²) >= 11 is 0. The number of hydrogen-bond acceptors (Lipinski definition) is 3. The summed E-state index contributed by atoms with van der Waals surface area (Å²) in [5, 5.41) is 13.1. The fraction of sp³-hybridized carbons (Fsp3) is 0.412. The molecule has 0 bridgehead atoms. The molecule has 2 heterocycles. The third-order valence-electron chi connectivity index (χ3n) is 4.41. The highest BCUT2D eigenvalue weighted by Crippen LogP contribution is 2.24. The van der Waals surface area contributed by atoms with E-state index in [2.05, 4.69) is 10.3 Å². The minimum atomic E-state index is -0.867. The van der Waals surface area contributed by atoms with Gasteiger partial charge in [0.15, 0.2) is 0 Å². The Morgan fingerprint density at radius 2 is 2.04 bits per heavy atom. The largest absolute Gasteiger partial charge is 0.481 e. The zero-order chi connectivity index (χ0) is 16.2. The molecule has 23 heavy (non-hydrogen) atoms. The topological polar surface area (TPSA) is 91.4 Å². The van der Waals surface area contributed by atoms with Crippen LogP contribution in [0.4, 0.5) is 0 Å². The molecule has 122 valence electrons. The normalized spacial score (nSPS) is 17.0. The second-order valence-electron chi connectivity index (χ2n) is 5.87. The van der Waals surface area contributed by atoms with Gasteiger partial charge in [0.25, 0.3) is 5.91 Å². The van der Waals surface area contributed by atoms with E-state index in [4.69, 9.17) is 4.74 Å². The SMILES string of the molecule is O=C(NCC(C(=O)O)C1CCOCC1)c1cc2ccccc2[nH]1. The van der Waals surface area contributed by atoms with Gasteiger partial charge in [0.2, 0.25) is 0 Å². The monoisotopic (exact) mass is 316 g/mol. The number of carbonyl (C=O) groups is 2. The summed E-state index contributed by atoms with van der Waals surface area (Å²) in [6, 6.07) is 9.39. The molecule has 0 saturated carbocycles. The second kappa shape index (κ2) is 6.83. The Morgan fingerprint density at radius 3 is 2.74 bits per heavy atom. The van der Waals surface area contributed by atoms with Crippen LogP contribution in [-0.2, 0) is 9.53 Å². The van der Waals surface area contributed by atoms with Crippen LogP contribution < -0.4 is 5.32 Å². The Balaban J connectivity index is 1.65. The number of nitrogens with one attached hydrogen (secondary N) is 2. The number of aromatic amines is 1.